The standard InChI is InChI=1S/C14H14N2O4S/c17-13(18)7-10-8-21-14(16-10)15-9-2-3-11-12(6-9)20-5-1-4-19-11/h2-3,6,8H,1,4-5,7H2,(H,15,16)(H,17,18). The number of rotatable bonds is 4. The summed E-state index contributed by atoms with van der Waals surface area (Å²) in [6.07, 6.45) is 0.793. The first-order chi connectivity index (χ1) is 10.2. The van der Waals surface area contributed by atoms with E-state index in [1.54, 1.807) is 5.38 Å². The summed E-state index contributed by atoms with van der Waals surface area (Å²) in [4.78, 5) is 14.9. The molecular formula is C14H14N2O4S. The number of nitrogens with zero attached hydrogens (tertiary/aromatic N) is 1. The summed E-state index contributed by atoms with van der Waals surface area (Å²) in [6.45, 7) is 1.29. The van der Waals surface area contributed by atoms with Gasteiger partial charge in [0.15, 0.2) is 16.6 Å². The zero-order chi connectivity index (χ0) is 14.7. The van der Waals surface area contributed by atoms with Gasteiger partial charge in [0.05, 0.1) is 25.3 Å². The predicted molar refractivity (Wildman–Crippen MR) is 78.8 cm³/mol. The lowest BCUT2D eigenvalue weighted by Gasteiger charge is -2.09. The van der Waals surface area contributed by atoms with Crippen LogP contribution in [0.2, 0.25) is 0 Å². The number of thiazole rings is 1. The van der Waals surface area contributed by atoms with Gasteiger partial charge in [-0.05, 0) is 12.1 Å². The van der Waals surface area contributed by atoms with E-state index >= 15 is 0 Å². The summed E-state index contributed by atoms with van der Waals surface area (Å²) >= 11 is 1.37. The minimum absolute atomic E-state index is 0.0701. The molecule has 1 aromatic carbocycles. The third-order valence-corrected chi connectivity index (χ3v) is 3.69. The molecule has 0 saturated heterocycles. The topological polar surface area (TPSA) is 80.7 Å². The van der Waals surface area contributed by atoms with Crippen LogP contribution in [-0.2, 0) is 11.2 Å². The van der Waals surface area contributed by atoms with E-state index in [4.69, 9.17) is 14.6 Å². The van der Waals surface area contributed by atoms with E-state index in [2.05, 4.69) is 10.3 Å². The number of carboxylic acids is 1. The van der Waals surface area contributed by atoms with Crippen molar-refractivity contribution in [1.82, 2.24) is 4.98 Å². The van der Waals surface area contributed by atoms with Crippen LogP contribution >= 0.6 is 11.3 Å². The highest BCUT2D eigenvalue weighted by Crippen LogP contribution is 2.33. The first-order valence-corrected chi connectivity index (χ1v) is 7.41. The largest absolute Gasteiger partial charge is 0.490 e. The maximum absolute atomic E-state index is 10.6. The van der Waals surface area contributed by atoms with E-state index in [-0.39, 0.29) is 6.42 Å². The van der Waals surface area contributed by atoms with Crippen LogP contribution < -0.4 is 14.8 Å². The normalized spacial score (nSPS) is 13.5. The average Bonchev–Trinajstić information content (AvgIpc) is 2.73. The number of hydrogen-bond acceptors (Lipinski definition) is 6. The molecular weight excluding hydrogens is 292 g/mol. The van der Waals surface area contributed by atoms with Crippen molar-refractivity contribution in [2.75, 3.05) is 18.5 Å². The van der Waals surface area contributed by atoms with Gasteiger partial charge in [-0.25, -0.2) is 4.98 Å². The Bertz CT molecular complexity index is 656. The average molecular weight is 306 g/mol. The molecule has 2 N–H and O–H groups in total. The number of ether oxygens (including phenoxy) is 2. The van der Waals surface area contributed by atoms with Crippen LogP contribution in [-0.4, -0.2) is 29.3 Å². The van der Waals surface area contributed by atoms with Crippen molar-refractivity contribution in [1.29, 1.82) is 0 Å². The molecule has 0 bridgehead atoms. The third kappa shape index (κ3) is 3.43. The van der Waals surface area contributed by atoms with Crippen LogP contribution in [0.3, 0.4) is 0 Å². The van der Waals surface area contributed by atoms with Gasteiger partial charge in [-0.3, -0.25) is 4.79 Å². The van der Waals surface area contributed by atoms with Gasteiger partial charge >= 0.3 is 5.97 Å². The Morgan fingerprint density at radius 1 is 1.33 bits per heavy atom. The summed E-state index contributed by atoms with van der Waals surface area (Å²) < 4.78 is 11.2. The zero-order valence-corrected chi connectivity index (χ0v) is 12.0. The summed E-state index contributed by atoms with van der Waals surface area (Å²) in [5.41, 5.74) is 1.37. The molecule has 1 aliphatic heterocycles. The van der Waals surface area contributed by atoms with Gasteiger partial charge in [-0.15, -0.1) is 11.3 Å². The molecule has 0 unspecified atom stereocenters. The number of carbonyl (C=O) groups is 1. The van der Waals surface area contributed by atoms with E-state index in [1.807, 2.05) is 18.2 Å². The van der Waals surface area contributed by atoms with Crippen molar-refractivity contribution in [3.8, 4) is 11.5 Å². The van der Waals surface area contributed by atoms with Gasteiger partial charge in [-0.1, -0.05) is 0 Å². The Kier molecular flexibility index (Phi) is 3.92. The smallest absolute Gasteiger partial charge is 0.309 e. The number of anilines is 2. The highest BCUT2D eigenvalue weighted by molar-refractivity contribution is 7.13. The molecule has 0 amide bonds. The van der Waals surface area contributed by atoms with Crippen LogP contribution in [0, 0.1) is 0 Å². The fourth-order valence-electron chi connectivity index (χ4n) is 1.97. The molecule has 0 aliphatic carbocycles. The second-order valence-corrected chi connectivity index (χ2v) is 5.41. The Morgan fingerprint density at radius 2 is 2.14 bits per heavy atom. The predicted octanol–water partition coefficient (Wildman–Crippen LogP) is 2.68. The van der Waals surface area contributed by atoms with Crippen LogP contribution in [0.1, 0.15) is 12.1 Å². The number of fused-ring (bicyclic) bond motifs is 1. The van der Waals surface area contributed by atoms with Crippen molar-refractivity contribution in [2.45, 2.75) is 12.8 Å². The highest BCUT2D eigenvalue weighted by atomic mass is 32.1. The SMILES string of the molecule is O=C(O)Cc1csc(Nc2ccc3c(c2)OCCCO3)n1. The monoisotopic (exact) mass is 306 g/mol. The number of nitrogens with one attached hydrogen (secondary N) is 1. The summed E-state index contributed by atoms with van der Waals surface area (Å²) in [7, 11) is 0. The quantitative estimate of drug-likeness (QED) is 0.904. The number of hydrogen-bond donors (Lipinski definition) is 2. The Morgan fingerprint density at radius 3 is 2.95 bits per heavy atom. The van der Waals surface area contributed by atoms with Crippen LogP contribution in [0.4, 0.5) is 10.8 Å². The fraction of sp³-hybridized carbons (Fsp3) is 0.286. The zero-order valence-electron chi connectivity index (χ0n) is 11.2. The lowest BCUT2D eigenvalue weighted by molar-refractivity contribution is -0.136. The Labute approximate surface area is 125 Å². The maximum atomic E-state index is 10.6. The first kappa shape index (κ1) is 13.7. The van der Waals surface area contributed by atoms with E-state index in [0.29, 0.717) is 29.8 Å². The van der Waals surface area contributed by atoms with E-state index in [1.165, 1.54) is 11.3 Å². The summed E-state index contributed by atoms with van der Waals surface area (Å²) in [5.74, 6) is 0.561. The van der Waals surface area contributed by atoms with E-state index < -0.39 is 5.97 Å². The minimum atomic E-state index is -0.887. The van der Waals surface area contributed by atoms with Crippen molar-refractivity contribution < 1.29 is 19.4 Å². The van der Waals surface area contributed by atoms with Crippen molar-refractivity contribution in [3.05, 3.63) is 29.3 Å². The number of aromatic nitrogens is 1. The third-order valence-electron chi connectivity index (χ3n) is 2.88. The fourth-order valence-corrected chi connectivity index (χ4v) is 2.70. The molecule has 0 fully saturated rings. The molecule has 3 rings (SSSR count). The lowest BCUT2D eigenvalue weighted by atomic mass is 10.3. The van der Waals surface area contributed by atoms with Gasteiger partial charge in [0.25, 0.3) is 0 Å². The van der Waals surface area contributed by atoms with Gasteiger partial charge < -0.3 is 19.9 Å². The second-order valence-electron chi connectivity index (χ2n) is 4.55. The van der Waals surface area contributed by atoms with Gasteiger partial charge in [-0.2, -0.15) is 0 Å². The molecule has 1 aliphatic rings. The van der Waals surface area contributed by atoms with Crippen molar-refractivity contribution >= 4 is 28.1 Å². The molecule has 6 nitrogen and oxygen atoms in total. The molecule has 0 radical (unpaired) electrons. The van der Waals surface area contributed by atoms with E-state index in [0.717, 1.165) is 17.9 Å². The minimum Gasteiger partial charge on any atom is -0.490 e. The number of carboxylic acid groups (broad SMARTS) is 1. The number of benzene rings is 1. The summed E-state index contributed by atoms with van der Waals surface area (Å²) in [5, 5.41) is 14.3. The first-order valence-electron chi connectivity index (χ1n) is 6.53. The molecule has 110 valence electrons. The molecule has 21 heavy (non-hydrogen) atoms. The number of aliphatic carboxylic acids is 1. The Balaban J connectivity index is 1.74. The van der Waals surface area contributed by atoms with Crippen LogP contribution in [0.25, 0.3) is 0 Å². The van der Waals surface area contributed by atoms with Crippen molar-refractivity contribution in [3.63, 3.8) is 0 Å². The van der Waals surface area contributed by atoms with Crippen LogP contribution in [0.5, 0.6) is 11.5 Å². The molecule has 0 atom stereocenters. The van der Waals surface area contributed by atoms with E-state index in [9.17, 15) is 4.79 Å². The Hall–Kier alpha value is -2.28. The van der Waals surface area contributed by atoms with Gasteiger partial charge in [0.1, 0.15) is 0 Å². The molecule has 0 saturated carbocycles. The van der Waals surface area contributed by atoms with Crippen LogP contribution in [0.15, 0.2) is 23.6 Å². The molecule has 7 heteroatoms. The second kappa shape index (κ2) is 6.01. The molecule has 2 aromatic rings. The molecule has 0 spiro atoms. The lowest BCUT2D eigenvalue weighted by Crippen LogP contribution is -2.00. The molecule has 1 aromatic heterocycles. The van der Waals surface area contributed by atoms with Crippen molar-refractivity contribution in [2.24, 2.45) is 0 Å². The van der Waals surface area contributed by atoms with Gasteiger partial charge in [0, 0.05) is 23.6 Å². The van der Waals surface area contributed by atoms with Gasteiger partial charge in [0.2, 0.25) is 0 Å². The highest BCUT2D eigenvalue weighted by Gasteiger charge is 2.12. The summed E-state index contributed by atoms with van der Waals surface area (Å²) in [6, 6.07) is 5.60. The maximum Gasteiger partial charge on any atom is 0.309 e. The molecule has 2 heterocycles.